The van der Waals surface area contributed by atoms with Gasteiger partial charge in [-0.2, -0.15) is 0 Å². The standard InChI is InChI=1S/C23H33NS2/c1-15(2)21(20-13-23(5,6)11-10-17(20)4)22(25)19-12-16(3)8-9-18(19)14-24(7)26/h8-9,12,25-26H,1,10-11,13-14H2,2-7H3/b22-21-. The largest absolute Gasteiger partial charge is 0.252 e. The summed E-state index contributed by atoms with van der Waals surface area (Å²) in [6, 6.07) is 6.59. The fraction of sp³-hybridized carbons (Fsp3) is 0.478. The van der Waals surface area contributed by atoms with Crippen LogP contribution in [-0.2, 0) is 6.54 Å². The Morgan fingerprint density at radius 1 is 1.27 bits per heavy atom. The van der Waals surface area contributed by atoms with Gasteiger partial charge in [0.15, 0.2) is 0 Å². The first kappa shape index (κ1) is 21.4. The second-order valence-electron chi connectivity index (χ2n) is 8.58. The Morgan fingerprint density at radius 3 is 2.50 bits per heavy atom. The predicted molar refractivity (Wildman–Crippen MR) is 123 cm³/mol. The minimum atomic E-state index is 0.324. The van der Waals surface area contributed by atoms with E-state index in [0.717, 1.165) is 29.9 Å². The van der Waals surface area contributed by atoms with Gasteiger partial charge < -0.3 is 0 Å². The van der Waals surface area contributed by atoms with Crippen LogP contribution in [0.4, 0.5) is 0 Å². The average molecular weight is 388 g/mol. The number of thiol groups is 2. The van der Waals surface area contributed by atoms with E-state index in [4.69, 9.17) is 12.6 Å². The first-order valence-corrected chi connectivity index (χ1v) is 10.1. The minimum absolute atomic E-state index is 0.324. The summed E-state index contributed by atoms with van der Waals surface area (Å²) >= 11 is 9.49. The number of allylic oxidation sites excluding steroid dienone is 4. The molecule has 1 aliphatic carbocycles. The van der Waals surface area contributed by atoms with Gasteiger partial charge in [-0.05, 0) is 80.3 Å². The van der Waals surface area contributed by atoms with Crippen LogP contribution in [0.3, 0.4) is 0 Å². The van der Waals surface area contributed by atoms with Gasteiger partial charge in [-0.15, -0.1) is 12.6 Å². The highest BCUT2D eigenvalue weighted by atomic mass is 32.1. The SMILES string of the molecule is C=C(C)/C(C1=C(C)CCC(C)(C)C1)=C(/S)c1cc(C)ccc1CN(C)S. The van der Waals surface area contributed by atoms with Crippen molar-refractivity contribution in [3.63, 3.8) is 0 Å². The lowest BCUT2D eigenvalue weighted by Crippen LogP contribution is -2.19. The third-order valence-corrected chi connectivity index (χ3v) is 5.84. The maximum absolute atomic E-state index is 5.04. The smallest absolute Gasteiger partial charge is 0.0341 e. The van der Waals surface area contributed by atoms with Crippen molar-refractivity contribution in [3.8, 4) is 0 Å². The molecule has 0 heterocycles. The number of aryl methyl sites for hydroxylation is 1. The van der Waals surface area contributed by atoms with Gasteiger partial charge in [0.25, 0.3) is 0 Å². The molecule has 0 aliphatic heterocycles. The summed E-state index contributed by atoms with van der Waals surface area (Å²) in [4.78, 5) is 1.04. The summed E-state index contributed by atoms with van der Waals surface area (Å²) < 4.78 is 1.91. The van der Waals surface area contributed by atoms with Crippen molar-refractivity contribution >= 4 is 30.3 Å². The van der Waals surface area contributed by atoms with Crippen molar-refractivity contribution in [2.24, 2.45) is 5.41 Å². The van der Waals surface area contributed by atoms with Gasteiger partial charge in [0, 0.05) is 11.4 Å². The molecular weight excluding hydrogens is 354 g/mol. The first-order chi connectivity index (χ1) is 12.0. The molecule has 0 unspecified atom stereocenters. The van der Waals surface area contributed by atoms with Crippen LogP contribution in [0.5, 0.6) is 0 Å². The molecule has 1 nitrogen and oxygen atoms in total. The van der Waals surface area contributed by atoms with Gasteiger partial charge in [0.1, 0.15) is 0 Å². The molecule has 26 heavy (non-hydrogen) atoms. The van der Waals surface area contributed by atoms with E-state index in [2.05, 4.69) is 72.2 Å². The molecule has 1 aliphatic rings. The monoisotopic (exact) mass is 387 g/mol. The third-order valence-electron chi connectivity index (χ3n) is 5.23. The lowest BCUT2D eigenvalue weighted by molar-refractivity contribution is 0.316. The Hall–Kier alpha value is -0.900. The number of benzene rings is 1. The van der Waals surface area contributed by atoms with Crippen LogP contribution in [-0.4, -0.2) is 11.4 Å². The van der Waals surface area contributed by atoms with Gasteiger partial charge in [-0.3, -0.25) is 4.31 Å². The van der Waals surface area contributed by atoms with Crippen LogP contribution in [0.25, 0.3) is 4.91 Å². The lowest BCUT2D eigenvalue weighted by Gasteiger charge is -2.34. The van der Waals surface area contributed by atoms with E-state index in [1.165, 1.54) is 39.8 Å². The van der Waals surface area contributed by atoms with Crippen molar-refractivity contribution in [3.05, 3.63) is 63.8 Å². The summed E-state index contributed by atoms with van der Waals surface area (Å²) in [5.41, 5.74) is 9.24. The van der Waals surface area contributed by atoms with Gasteiger partial charge >= 0.3 is 0 Å². The van der Waals surface area contributed by atoms with Crippen molar-refractivity contribution in [2.75, 3.05) is 7.05 Å². The molecule has 0 amide bonds. The van der Waals surface area contributed by atoms with E-state index < -0.39 is 0 Å². The molecule has 0 N–H and O–H groups in total. The molecule has 2 rings (SSSR count). The van der Waals surface area contributed by atoms with Gasteiger partial charge in [0.2, 0.25) is 0 Å². The zero-order valence-electron chi connectivity index (χ0n) is 17.1. The molecule has 3 heteroatoms. The highest BCUT2D eigenvalue weighted by Crippen LogP contribution is 2.45. The first-order valence-electron chi connectivity index (χ1n) is 9.30. The normalized spacial score (nSPS) is 18.2. The summed E-state index contributed by atoms with van der Waals surface area (Å²) in [6.07, 6.45) is 3.48. The number of rotatable bonds is 5. The van der Waals surface area contributed by atoms with Crippen LogP contribution in [0, 0.1) is 12.3 Å². The molecule has 0 atom stereocenters. The molecule has 0 saturated heterocycles. The maximum atomic E-state index is 5.04. The van der Waals surface area contributed by atoms with Crippen LogP contribution >= 0.6 is 25.4 Å². The van der Waals surface area contributed by atoms with Crippen molar-refractivity contribution in [1.82, 2.24) is 4.31 Å². The summed E-state index contributed by atoms with van der Waals surface area (Å²) in [7, 11) is 1.98. The van der Waals surface area contributed by atoms with Gasteiger partial charge in [0.05, 0.1) is 0 Å². The fourth-order valence-electron chi connectivity index (χ4n) is 3.73. The minimum Gasteiger partial charge on any atom is -0.252 e. The zero-order chi connectivity index (χ0) is 19.6. The third kappa shape index (κ3) is 5.09. The number of hydrogen-bond donors (Lipinski definition) is 2. The van der Waals surface area contributed by atoms with E-state index in [1.807, 2.05) is 11.4 Å². The van der Waals surface area contributed by atoms with Gasteiger partial charge in [-0.25, -0.2) is 0 Å². The topological polar surface area (TPSA) is 3.24 Å². The molecule has 0 saturated carbocycles. The molecule has 0 fully saturated rings. The van der Waals surface area contributed by atoms with E-state index >= 15 is 0 Å². The molecule has 0 bridgehead atoms. The second kappa shape index (κ2) is 8.41. The molecule has 1 aromatic carbocycles. The molecule has 142 valence electrons. The summed E-state index contributed by atoms with van der Waals surface area (Å²) in [5, 5.41) is 0. The summed E-state index contributed by atoms with van der Waals surface area (Å²) in [6.45, 7) is 16.3. The molecular formula is C23H33NS2. The number of hydrogen-bond acceptors (Lipinski definition) is 3. The Morgan fingerprint density at radius 2 is 1.92 bits per heavy atom. The maximum Gasteiger partial charge on any atom is 0.0341 e. The molecule has 0 radical (unpaired) electrons. The Balaban J connectivity index is 2.67. The lowest BCUT2D eigenvalue weighted by atomic mass is 9.71. The zero-order valence-corrected chi connectivity index (χ0v) is 18.9. The average Bonchev–Trinajstić information content (AvgIpc) is 2.51. The Labute approximate surface area is 171 Å². The predicted octanol–water partition coefficient (Wildman–Crippen LogP) is 7.02. The highest BCUT2D eigenvalue weighted by molar-refractivity contribution is 7.90. The van der Waals surface area contributed by atoms with Crippen LogP contribution in [0.15, 0.2) is 47.1 Å². The van der Waals surface area contributed by atoms with Crippen molar-refractivity contribution in [2.45, 2.75) is 60.4 Å². The van der Waals surface area contributed by atoms with E-state index in [-0.39, 0.29) is 0 Å². The van der Waals surface area contributed by atoms with Crippen molar-refractivity contribution < 1.29 is 0 Å². The summed E-state index contributed by atoms with van der Waals surface area (Å²) in [5.74, 6) is 0. The highest BCUT2D eigenvalue weighted by Gasteiger charge is 2.28. The van der Waals surface area contributed by atoms with E-state index in [0.29, 0.717) is 5.41 Å². The van der Waals surface area contributed by atoms with E-state index in [9.17, 15) is 0 Å². The van der Waals surface area contributed by atoms with E-state index in [1.54, 1.807) is 0 Å². The quantitative estimate of drug-likeness (QED) is 0.406. The van der Waals surface area contributed by atoms with Gasteiger partial charge in [-0.1, -0.05) is 62.6 Å². The van der Waals surface area contributed by atoms with Crippen molar-refractivity contribution in [1.29, 1.82) is 0 Å². The van der Waals surface area contributed by atoms with Crippen LogP contribution < -0.4 is 0 Å². The second-order valence-corrected chi connectivity index (χ2v) is 9.71. The Kier molecular flexibility index (Phi) is 6.92. The van der Waals surface area contributed by atoms with Crippen LogP contribution in [0.1, 0.15) is 63.6 Å². The molecule has 0 aromatic heterocycles. The molecule has 1 aromatic rings. The Bertz CT molecular complexity index is 766. The molecule has 0 spiro atoms. The van der Waals surface area contributed by atoms with Crippen LogP contribution in [0.2, 0.25) is 0 Å². The number of nitrogens with zero attached hydrogens (tertiary/aromatic N) is 1. The fourth-order valence-corrected chi connectivity index (χ4v) is 4.42.